The van der Waals surface area contributed by atoms with E-state index in [9.17, 15) is 0 Å². The van der Waals surface area contributed by atoms with Crippen LogP contribution in [0.4, 0.5) is 5.82 Å². The zero-order valence-electron chi connectivity index (χ0n) is 19.4. The second-order valence-electron chi connectivity index (χ2n) is 7.91. The van der Waals surface area contributed by atoms with Crippen LogP contribution in [-0.4, -0.2) is 91.5 Å². The van der Waals surface area contributed by atoms with Gasteiger partial charge in [0.05, 0.1) is 24.9 Å². The summed E-state index contributed by atoms with van der Waals surface area (Å²) in [5, 5.41) is 5.59. The molecular weight excluding hydrogens is 460 g/mol. The molecule has 1 aliphatic heterocycles. The molecule has 1 aliphatic rings. The first kappa shape index (κ1) is 23.8. The number of fused-ring (bicyclic) bond motifs is 1. The zero-order valence-corrected chi connectivity index (χ0v) is 21.0. The number of aromatic nitrogens is 3. The van der Waals surface area contributed by atoms with Gasteiger partial charge in [0.25, 0.3) is 0 Å². The topological polar surface area (TPSA) is 75.6 Å². The van der Waals surface area contributed by atoms with Crippen molar-refractivity contribution < 1.29 is 9.47 Å². The molecule has 0 bridgehead atoms. The lowest BCUT2D eigenvalue weighted by molar-refractivity contribution is 0.158. The summed E-state index contributed by atoms with van der Waals surface area (Å²) in [6, 6.07) is 5.57. The van der Waals surface area contributed by atoms with Crippen molar-refractivity contribution in [2.24, 2.45) is 0 Å². The van der Waals surface area contributed by atoms with Gasteiger partial charge >= 0.3 is 0 Å². The number of nitrogens with one attached hydrogen (secondary N) is 1. The highest BCUT2D eigenvalue weighted by molar-refractivity contribution is 7.98. The minimum absolute atomic E-state index is 0.482. The van der Waals surface area contributed by atoms with Crippen LogP contribution in [0.1, 0.15) is 0 Å². The van der Waals surface area contributed by atoms with E-state index in [1.54, 1.807) is 20.3 Å². The highest BCUT2D eigenvalue weighted by Crippen LogP contribution is 2.39. The van der Waals surface area contributed by atoms with Crippen LogP contribution < -0.4 is 14.8 Å². The molecule has 3 aromatic rings. The Balaban J connectivity index is 1.69. The van der Waals surface area contributed by atoms with E-state index in [2.05, 4.69) is 27.1 Å². The fraction of sp³-hybridized carbons (Fsp3) is 0.435. The standard InChI is InChI=1S/C23H29ClN6O2S/c1-29-7-9-30(10-8-29)6-5-25-22-21-15(14-26-23(28-21)33-4)11-18(27-22)17-12-16(31-2)13-19(32-3)20(17)24/h11-14H,5-10H2,1-4H3,(H,25,27). The summed E-state index contributed by atoms with van der Waals surface area (Å²) in [5.41, 5.74) is 2.22. The van der Waals surface area contributed by atoms with Crippen LogP contribution in [0.5, 0.6) is 11.5 Å². The van der Waals surface area contributed by atoms with E-state index in [0.29, 0.717) is 33.2 Å². The van der Waals surface area contributed by atoms with Crippen molar-refractivity contribution in [3.63, 3.8) is 0 Å². The number of methoxy groups -OCH3 is 2. The number of anilines is 1. The Bertz CT molecular complexity index is 1120. The first-order chi connectivity index (χ1) is 16.0. The van der Waals surface area contributed by atoms with E-state index in [4.69, 9.17) is 31.0 Å². The molecule has 0 unspecified atom stereocenters. The average molecular weight is 489 g/mol. The average Bonchev–Trinajstić information content (AvgIpc) is 2.85. The third kappa shape index (κ3) is 5.43. The minimum atomic E-state index is 0.482. The summed E-state index contributed by atoms with van der Waals surface area (Å²) >= 11 is 8.16. The minimum Gasteiger partial charge on any atom is -0.497 e. The third-order valence-electron chi connectivity index (χ3n) is 5.79. The summed E-state index contributed by atoms with van der Waals surface area (Å²) in [4.78, 5) is 18.9. The molecule has 0 radical (unpaired) electrons. The van der Waals surface area contributed by atoms with E-state index in [-0.39, 0.29) is 0 Å². The Kier molecular flexibility index (Phi) is 7.75. The normalized spacial score (nSPS) is 15.1. The van der Waals surface area contributed by atoms with Gasteiger partial charge in [0.15, 0.2) is 11.0 Å². The number of rotatable bonds is 8. The van der Waals surface area contributed by atoms with Crippen molar-refractivity contribution in [3.05, 3.63) is 29.4 Å². The van der Waals surface area contributed by atoms with Crippen molar-refractivity contribution in [3.8, 4) is 22.8 Å². The molecule has 4 rings (SSSR count). The van der Waals surface area contributed by atoms with E-state index in [0.717, 1.165) is 55.7 Å². The summed E-state index contributed by atoms with van der Waals surface area (Å²) < 4.78 is 10.9. The Labute approximate surface area is 203 Å². The molecule has 0 aliphatic carbocycles. The molecule has 1 fully saturated rings. The molecule has 10 heteroatoms. The van der Waals surface area contributed by atoms with Crippen LogP contribution in [0.25, 0.3) is 22.2 Å². The van der Waals surface area contributed by atoms with Gasteiger partial charge < -0.3 is 19.7 Å². The van der Waals surface area contributed by atoms with Gasteiger partial charge in [0, 0.05) is 62.5 Å². The van der Waals surface area contributed by atoms with Crippen LogP contribution in [0.15, 0.2) is 29.6 Å². The van der Waals surface area contributed by atoms with Crippen molar-refractivity contribution >= 4 is 40.1 Å². The molecular formula is C23H29ClN6O2S. The van der Waals surface area contributed by atoms with Crippen LogP contribution in [0, 0.1) is 0 Å². The molecule has 33 heavy (non-hydrogen) atoms. The van der Waals surface area contributed by atoms with E-state index in [1.807, 2.05) is 24.6 Å². The van der Waals surface area contributed by atoms with Crippen molar-refractivity contribution in [1.29, 1.82) is 0 Å². The summed E-state index contributed by atoms with van der Waals surface area (Å²) in [6.45, 7) is 6.04. The van der Waals surface area contributed by atoms with E-state index >= 15 is 0 Å². The maximum atomic E-state index is 6.66. The van der Waals surface area contributed by atoms with Crippen LogP contribution in [0.2, 0.25) is 5.02 Å². The van der Waals surface area contributed by atoms with Crippen LogP contribution >= 0.6 is 23.4 Å². The van der Waals surface area contributed by atoms with Gasteiger partial charge in [-0.1, -0.05) is 23.4 Å². The van der Waals surface area contributed by atoms with Gasteiger partial charge in [-0.05, 0) is 25.4 Å². The Morgan fingerprint density at radius 2 is 1.88 bits per heavy atom. The number of nitrogens with zero attached hydrogens (tertiary/aromatic N) is 5. The number of thioether (sulfide) groups is 1. The second-order valence-corrected chi connectivity index (χ2v) is 9.06. The van der Waals surface area contributed by atoms with E-state index in [1.165, 1.54) is 11.8 Å². The molecule has 0 atom stereocenters. The summed E-state index contributed by atoms with van der Waals surface area (Å²) in [6.07, 6.45) is 3.79. The molecule has 1 N–H and O–H groups in total. The predicted octanol–water partition coefficient (Wildman–Crippen LogP) is 3.74. The number of benzene rings is 1. The van der Waals surface area contributed by atoms with Crippen LogP contribution in [0.3, 0.4) is 0 Å². The number of hydrogen-bond acceptors (Lipinski definition) is 9. The quantitative estimate of drug-likeness (QED) is 0.377. The zero-order chi connectivity index (χ0) is 23.4. The maximum absolute atomic E-state index is 6.66. The summed E-state index contributed by atoms with van der Waals surface area (Å²) in [7, 11) is 5.36. The predicted molar refractivity (Wildman–Crippen MR) is 135 cm³/mol. The number of halogens is 1. The van der Waals surface area contributed by atoms with Gasteiger partial charge in [-0.2, -0.15) is 0 Å². The lowest BCUT2D eigenvalue weighted by atomic mass is 10.1. The number of piperazine rings is 1. The highest BCUT2D eigenvalue weighted by atomic mass is 35.5. The number of likely N-dealkylation sites (N-methyl/N-ethyl adjacent to an activating group) is 1. The maximum Gasteiger partial charge on any atom is 0.187 e. The third-order valence-corrected chi connectivity index (χ3v) is 6.74. The highest BCUT2D eigenvalue weighted by Gasteiger charge is 2.18. The van der Waals surface area contributed by atoms with Crippen molar-refractivity contribution in [2.45, 2.75) is 5.16 Å². The molecule has 176 valence electrons. The van der Waals surface area contributed by atoms with Gasteiger partial charge in [0.1, 0.15) is 17.0 Å². The fourth-order valence-corrected chi connectivity index (χ4v) is 4.44. The molecule has 8 nitrogen and oxygen atoms in total. The molecule has 1 saturated heterocycles. The lowest BCUT2D eigenvalue weighted by Gasteiger charge is -2.32. The van der Waals surface area contributed by atoms with Gasteiger partial charge in [-0.3, -0.25) is 4.90 Å². The molecule has 0 spiro atoms. The van der Waals surface area contributed by atoms with Gasteiger partial charge in [-0.15, -0.1) is 0 Å². The Morgan fingerprint density at radius 1 is 1.09 bits per heavy atom. The lowest BCUT2D eigenvalue weighted by Crippen LogP contribution is -2.45. The number of hydrogen-bond donors (Lipinski definition) is 1. The first-order valence-corrected chi connectivity index (χ1v) is 12.4. The Hall–Kier alpha value is -2.33. The van der Waals surface area contributed by atoms with Crippen molar-refractivity contribution in [2.75, 3.05) is 72.1 Å². The number of ether oxygens (including phenoxy) is 2. The van der Waals surface area contributed by atoms with E-state index < -0.39 is 0 Å². The molecule has 0 amide bonds. The molecule has 0 saturated carbocycles. The molecule has 2 aromatic heterocycles. The molecule has 3 heterocycles. The van der Waals surface area contributed by atoms with Crippen LogP contribution in [-0.2, 0) is 0 Å². The SMILES string of the molecule is COc1cc(OC)c(Cl)c(-c2cc3cnc(SC)nc3c(NCCN3CCN(C)CC3)n2)c1. The van der Waals surface area contributed by atoms with Crippen molar-refractivity contribution in [1.82, 2.24) is 24.8 Å². The number of pyridine rings is 1. The monoisotopic (exact) mass is 488 g/mol. The van der Waals surface area contributed by atoms with Gasteiger partial charge in [-0.25, -0.2) is 15.0 Å². The summed E-state index contributed by atoms with van der Waals surface area (Å²) in [5.74, 6) is 1.89. The largest absolute Gasteiger partial charge is 0.497 e. The first-order valence-electron chi connectivity index (χ1n) is 10.8. The van der Waals surface area contributed by atoms with Gasteiger partial charge in [0.2, 0.25) is 0 Å². The Morgan fingerprint density at radius 3 is 2.58 bits per heavy atom. The second kappa shape index (κ2) is 10.7. The molecule has 1 aromatic carbocycles. The fourth-order valence-electron chi connectivity index (χ4n) is 3.81. The smallest absolute Gasteiger partial charge is 0.187 e.